The van der Waals surface area contributed by atoms with Crippen molar-refractivity contribution in [2.75, 3.05) is 20.3 Å². The van der Waals surface area contributed by atoms with Crippen LogP contribution < -0.4 is 14.8 Å². The van der Waals surface area contributed by atoms with Crippen molar-refractivity contribution >= 4 is 29.8 Å². The number of amides is 1. The zero-order valence-corrected chi connectivity index (χ0v) is 23.1. The summed E-state index contributed by atoms with van der Waals surface area (Å²) < 4.78 is 25.9. The van der Waals surface area contributed by atoms with Crippen molar-refractivity contribution in [3.8, 4) is 11.5 Å². The van der Waals surface area contributed by atoms with Crippen LogP contribution in [0.3, 0.4) is 0 Å². The molecule has 1 N–H and O–H groups in total. The second-order valence-corrected chi connectivity index (χ2v) is 9.01. The first-order valence-corrected chi connectivity index (χ1v) is 12.6. The summed E-state index contributed by atoms with van der Waals surface area (Å²) in [6.07, 6.45) is 0.840. The van der Waals surface area contributed by atoms with Gasteiger partial charge in [-0.25, -0.2) is 9.78 Å². The van der Waals surface area contributed by atoms with Gasteiger partial charge in [-0.1, -0.05) is 44.2 Å². The van der Waals surface area contributed by atoms with Crippen molar-refractivity contribution in [1.29, 1.82) is 0 Å². The van der Waals surface area contributed by atoms with Crippen molar-refractivity contribution in [1.82, 2.24) is 10.3 Å². The van der Waals surface area contributed by atoms with Gasteiger partial charge in [-0.15, -0.1) is 0 Å². The largest absolute Gasteiger partial charge is 0.493 e. The third-order valence-electron chi connectivity index (χ3n) is 5.26. The molecule has 0 saturated carbocycles. The normalized spacial score (nSPS) is 12.1. The maximum Gasteiger partial charge on any atom is 0.332 e. The summed E-state index contributed by atoms with van der Waals surface area (Å²) in [5, 5.41) is 2.41. The summed E-state index contributed by atoms with van der Waals surface area (Å²) in [5.41, 5.74) is 0.581. The summed E-state index contributed by atoms with van der Waals surface area (Å²) >= 11 is 0. The molecule has 0 radical (unpaired) electrons. The Balaban J connectivity index is 2.16. The van der Waals surface area contributed by atoms with Crippen LogP contribution in [0.4, 0.5) is 0 Å². The minimum absolute atomic E-state index is 0.0370. The van der Waals surface area contributed by atoms with Crippen molar-refractivity contribution in [3.63, 3.8) is 0 Å². The number of rotatable bonds is 14. The minimum Gasteiger partial charge on any atom is -0.493 e. The number of esters is 4. The van der Waals surface area contributed by atoms with Crippen LogP contribution in [0.1, 0.15) is 50.2 Å². The molecule has 1 aromatic heterocycles. The predicted octanol–water partition coefficient (Wildman–Crippen LogP) is 2.42. The average Bonchev–Trinajstić information content (AvgIpc) is 2.92. The summed E-state index contributed by atoms with van der Waals surface area (Å²) in [7, 11) is 1.31. The van der Waals surface area contributed by atoms with E-state index >= 15 is 0 Å². The maximum atomic E-state index is 13.1. The lowest BCUT2D eigenvalue weighted by Crippen LogP contribution is -2.47. The topological polar surface area (TPSA) is 156 Å². The van der Waals surface area contributed by atoms with Crippen molar-refractivity contribution in [2.24, 2.45) is 5.92 Å². The fraction of sp³-hybridized carbons (Fsp3) is 0.429. The minimum atomic E-state index is -1.46. The third kappa shape index (κ3) is 10.4. The van der Waals surface area contributed by atoms with Crippen LogP contribution in [0.2, 0.25) is 0 Å². The maximum absolute atomic E-state index is 13.1. The number of ether oxygens (including phenoxy) is 5. The summed E-state index contributed by atoms with van der Waals surface area (Å²) in [6.45, 7) is 5.19. The van der Waals surface area contributed by atoms with Crippen LogP contribution in [0.15, 0.2) is 42.6 Å². The highest BCUT2D eigenvalue weighted by atomic mass is 16.6. The highest BCUT2D eigenvalue weighted by Gasteiger charge is 2.29. The van der Waals surface area contributed by atoms with Crippen molar-refractivity contribution in [3.05, 3.63) is 53.9 Å². The molecule has 0 fully saturated rings. The van der Waals surface area contributed by atoms with Crippen molar-refractivity contribution < 1.29 is 47.7 Å². The number of aryl methyl sites for hydroxylation is 1. The van der Waals surface area contributed by atoms with Gasteiger partial charge in [0.15, 0.2) is 17.5 Å². The molecule has 0 saturated heterocycles. The second-order valence-electron chi connectivity index (χ2n) is 9.01. The molecule has 2 rings (SSSR count). The molecule has 0 spiro atoms. The Morgan fingerprint density at radius 2 is 1.62 bits per heavy atom. The Morgan fingerprint density at radius 3 is 2.25 bits per heavy atom. The summed E-state index contributed by atoms with van der Waals surface area (Å²) in [4.78, 5) is 65.8. The molecule has 0 aliphatic heterocycles. The number of carbonyl (C=O) groups excluding carboxylic acids is 5. The Morgan fingerprint density at radius 1 is 0.925 bits per heavy atom. The first kappa shape index (κ1) is 31.7. The number of hydrogen-bond acceptors (Lipinski definition) is 11. The lowest BCUT2D eigenvalue weighted by atomic mass is 10.1. The van der Waals surface area contributed by atoms with Crippen LogP contribution in [-0.4, -0.2) is 67.2 Å². The van der Waals surface area contributed by atoms with Gasteiger partial charge in [-0.3, -0.25) is 19.2 Å². The van der Waals surface area contributed by atoms with Crippen LogP contribution in [-0.2, 0) is 39.8 Å². The van der Waals surface area contributed by atoms with E-state index in [0.29, 0.717) is 6.42 Å². The van der Waals surface area contributed by atoms with Gasteiger partial charge in [-0.2, -0.15) is 0 Å². The molecular weight excluding hydrogens is 524 g/mol. The first-order chi connectivity index (χ1) is 19.0. The van der Waals surface area contributed by atoms with Crippen molar-refractivity contribution in [2.45, 2.75) is 52.7 Å². The Kier molecular flexibility index (Phi) is 12.5. The number of aromatic nitrogens is 1. The van der Waals surface area contributed by atoms with E-state index in [-0.39, 0.29) is 36.1 Å². The fourth-order valence-electron chi connectivity index (χ4n) is 3.21. The van der Waals surface area contributed by atoms with Gasteiger partial charge < -0.3 is 29.0 Å². The molecule has 2 atom stereocenters. The van der Waals surface area contributed by atoms with Gasteiger partial charge in [0.05, 0.1) is 13.0 Å². The molecular formula is C28H34N2O10. The number of nitrogens with zero attached hydrogens (tertiary/aromatic N) is 1. The van der Waals surface area contributed by atoms with Crippen LogP contribution >= 0.6 is 0 Å². The van der Waals surface area contributed by atoms with E-state index in [9.17, 15) is 24.0 Å². The SMILES string of the molecule is COc1ccnc(C(=O)NC(COC(=O)CCc2ccccc2)C(=O)OC(C)COC(=O)C(C)C)c1OC(C)=O. The Hall–Kier alpha value is -4.48. The molecule has 0 bridgehead atoms. The molecule has 0 aliphatic carbocycles. The summed E-state index contributed by atoms with van der Waals surface area (Å²) in [5.74, 6) is -4.23. The van der Waals surface area contributed by atoms with E-state index in [1.165, 1.54) is 26.3 Å². The molecule has 1 aromatic carbocycles. The molecule has 40 heavy (non-hydrogen) atoms. The fourth-order valence-corrected chi connectivity index (χ4v) is 3.21. The quantitative estimate of drug-likeness (QED) is 0.268. The Bertz CT molecular complexity index is 1180. The molecule has 12 nitrogen and oxygen atoms in total. The number of benzene rings is 1. The molecule has 2 aromatic rings. The first-order valence-electron chi connectivity index (χ1n) is 12.6. The van der Waals surface area contributed by atoms with Gasteiger partial charge in [0.25, 0.3) is 5.91 Å². The number of pyridine rings is 1. The predicted molar refractivity (Wildman–Crippen MR) is 140 cm³/mol. The van der Waals surface area contributed by atoms with Gasteiger partial charge >= 0.3 is 23.9 Å². The highest BCUT2D eigenvalue weighted by Crippen LogP contribution is 2.29. The molecule has 0 aliphatic rings. The lowest BCUT2D eigenvalue weighted by Gasteiger charge is -2.21. The third-order valence-corrected chi connectivity index (χ3v) is 5.26. The highest BCUT2D eigenvalue weighted by molar-refractivity contribution is 5.98. The van der Waals surface area contributed by atoms with E-state index in [4.69, 9.17) is 23.7 Å². The zero-order chi connectivity index (χ0) is 29.7. The zero-order valence-electron chi connectivity index (χ0n) is 23.1. The molecule has 2 unspecified atom stereocenters. The lowest BCUT2D eigenvalue weighted by molar-refractivity contribution is -0.163. The molecule has 12 heteroatoms. The Labute approximate surface area is 232 Å². The monoisotopic (exact) mass is 558 g/mol. The smallest absolute Gasteiger partial charge is 0.332 e. The van der Waals surface area contributed by atoms with E-state index in [2.05, 4.69) is 10.3 Å². The molecule has 216 valence electrons. The number of nitrogens with one attached hydrogen (secondary N) is 1. The van der Waals surface area contributed by atoms with Gasteiger partial charge in [-0.05, 0) is 18.9 Å². The van der Waals surface area contributed by atoms with E-state index in [0.717, 1.165) is 12.5 Å². The second kappa shape index (κ2) is 15.8. The van der Waals surface area contributed by atoms with E-state index in [1.807, 2.05) is 30.3 Å². The van der Waals surface area contributed by atoms with Gasteiger partial charge in [0, 0.05) is 25.6 Å². The average molecular weight is 559 g/mol. The molecule has 1 amide bonds. The van der Waals surface area contributed by atoms with Crippen LogP contribution in [0.5, 0.6) is 11.5 Å². The van der Waals surface area contributed by atoms with Crippen LogP contribution in [0.25, 0.3) is 0 Å². The molecule has 1 heterocycles. The van der Waals surface area contributed by atoms with Crippen LogP contribution in [0, 0.1) is 5.92 Å². The summed E-state index contributed by atoms with van der Waals surface area (Å²) in [6, 6.07) is 9.20. The number of hydrogen-bond donors (Lipinski definition) is 1. The van der Waals surface area contributed by atoms with E-state index < -0.39 is 48.5 Å². The number of carbonyl (C=O) groups is 5. The van der Waals surface area contributed by atoms with Gasteiger partial charge in [0.2, 0.25) is 5.75 Å². The van der Waals surface area contributed by atoms with E-state index in [1.54, 1.807) is 13.8 Å². The number of methoxy groups -OCH3 is 1. The standard InChI is InChI=1S/C28H34N2O10/c1-17(2)27(34)38-15-18(3)39-28(35)21(16-37-23(32)12-11-20-9-7-6-8-10-20)30-26(33)24-25(40-19(4)31)22(36-5)13-14-29-24/h6-10,13-14,17-18,21H,11-12,15-16H2,1-5H3,(H,30,33). The van der Waals surface area contributed by atoms with Gasteiger partial charge in [0.1, 0.15) is 19.3 Å².